The van der Waals surface area contributed by atoms with Gasteiger partial charge in [-0.05, 0) is 37.9 Å². The zero-order valence-corrected chi connectivity index (χ0v) is 11.3. The van der Waals surface area contributed by atoms with Gasteiger partial charge in [0.2, 0.25) is 0 Å². The van der Waals surface area contributed by atoms with E-state index in [0.717, 1.165) is 24.8 Å². The van der Waals surface area contributed by atoms with Gasteiger partial charge in [0.25, 0.3) is 0 Å². The van der Waals surface area contributed by atoms with Crippen molar-refractivity contribution in [2.45, 2.75) is 38.1 Å². The molecule has 0 radical (unpaired) electrons. The zero-order chi connectivity index (χ0) is 11.6. The highest BCUT2D eigenvalue weighted by Crippen LogP contribution is 2.35. The first-order valence-corrected chi connectivity index (χ1v) is 5.99. The molecule has 0 unspecified atom stereocenters. The highest BCUT2D eigenvalue weighted by Gasteiger charge is 2.40. The third-order valence-electron chi connectivity index (χ3n) is 3.71. The van der Waals surface area contributed by atoms with Crippen molar-refractivity contribution in [1.82, 2.24) is 5.32 Å². The second kappa shape index (κ2) is 5.65. The molecule has 0 spiro atoms. The van der Waals surface area contributed by atoms with Gasteiger partial charge in [-0.25, -0.2) is 0 Å². The summed E-state index contributed by atoms with van der Waals surface area (Å²) in [7, 11) is 1.90. The SMILES string of the molecule is CN[C@@]1(c2ccccc2C)CCCCC1=O.Cl. The molecule has 0 aromatic heterocycles. The summed E-state index contributed by atoms with van der Waals surface area (Å²) in [5.74, 6) is 0.343. The van der Waals surface area contributed by atoms with Crippen LogP contribution in [0, 0.1) is 6.92 Å². The van der Waals surface area contributed by atoms with E-state index in [1.807, 2.05) is 19.2 Å². The van der Waals surface area contributed by atoms with Crippen molar-refractivity contribution < 1.29 is 4.79 Å². The predicted octanol–water partition coefficient (Wildman–Crippen LogP) is 2.97. The van der Waals surface area contributed by atoms with Gasteiger partial charge in [-0.3, -0.25) is 4.79 Å². The number of Topliss-reactive ketones (excluding diaryl/α,β-unsaturated/α-hetero) is 1. The number of benzene rings is 1. The lowest BCUT2D eigenvalue weighted by atomic mass is 9.74. The third kappa shape index (κ3) is 2.38. The molecule has 0 aliphatic heterocycles. The van der Waals surface area contributed by atoms with Crippen LogP contribution in [0.25, 0.3) is 0 Å². The molecule has 3 heteroatoms. The minimum atomic E-state index is -0.427. The highest BCUT2D eigenvalue weighted by molar-refractivity contribution is 5.90. The maximum atomic E-state index is 12.2. The van der Waals surface area contributed by atoms with Crippen LogP contribution in [0.2, 0.25) is 0 Å². The smallest absolute Gasteiger partial charge is 0.157 e. The zero-order valence-electron chi connectivity index (χ0n) is 10.5. The van der Waals surface area contributed by atoms with E-state index in [0.29, 0.717) is 12.2 Å². The summed E-state index contributed by atoms with van der Waals surface area (Å²) in [5.41, 5.74) is 1.93. The maximum Gasteiger partial charge on any atom is 0.157 e. The van der Waals surface area contributed by atoms with Crippen LogP contribution in [0.15, 0.2) is 24.3 Å². The number of halogens is 1. The van der Waals surface area contributed by atoms with E-state index in [1.54, 1.807) is 0 Å². The van der Waals surface area contributed by atoms with Crippen molar-refractivity contribution in [2.75, 3.05) is 7.05 Å². The largest absolute Gasteiger partial charge is 0.304 e. The van der Waals surface area contributed by atoms with Gasteiger partial charge in [0.15, 0.2) is 5.78 Å². The molecular formula is C14H20ClNO. The summed E-state index contributed by atoms with van der Waals surface area (Å²) in [6, 6.07) is 8.20. The first kappa shape index (κ1) is 14.2. The van der Waals surface area contributed by atoms with Crippen molar-refractivity contribution in [3.05, 3.63) is 35.4 Å². The van der Waals surface area contributed by atoms with Crippen LogP contribution in [-0.2, 0) is 10.3 Å². The minimum absolute atomic E-state index is 0. The summed E-state index contributed by atoms with van der Waals surface area (Å²) in [6.07, 6.45) is 3.79. The van der Waals surface area contributed by atoms with E-state index in [2.05, 4.69) is 24.4 Å². The van der Waals surface area contributed by atoms with E-state index in [4.69, 9.17) is 0 Å². The molecule has 17 heavy (non-hydrogen) atoms. The summed E-state index contributed by atoms with van der Waals surface area (Å²) >= 11 is 0. The maximum absolute atomic E-state index is 12.2. The van der Waals surface area contributed by atoms with Crippen LogP contribution in [0.4, 0.5) is 0 Å². The third-order valence-corrected chi connectivity index (χ3v) is 3.71. The lowest BCUT2D eigenvalue weighted by molar-refractivity contribution is -0.127. The van der Waals surface area contributed by atoms with Crippen molar-refractivity contribution in [3.63, 3.8) is 0 Å². The van der Waals surface area contributed by atoms with Crippen LogP contribution in [0.3, 0.4) is 0 Å². The molecule has 2 rings (SSSR count). The Morgan fingerprint density at radius 1 is 1.24 bits per heavy atom. The fraction of sp³-hybridized carbons (Fsp3) is 0.500. The van der Waals surface area contributed by atoms with Crippen LogP contribution in [-0.4, -0.2) is 12.8 Å². The number of hydrogen-bond donors (Lipinski definition) is 1. The Bertz CT molecular complexity index is 405. The van der Waals surface area contributed by atoms with E-state index in [-0.39, 0.29) is 12.4 Å². The fourth-order valence-corrected chi connectivity index (χ4v) is 2.76. The van der Waals surface area contributed by atoms with Gasteiger partial charge >= 0.3 is 0 Å². The standard InChI is InChI=1S/C14H19NO.ClH/c1-11-7-3-4-8-12(11)14(15-2)10-6-5-9-13(14)16;/h3-4,7-8,15H,5-6,9-10H2,1-2H3;1H/t14-;/m1./s1. The number of aryl methyl sites for hydroxylation is 1. The Morgan fingerprint density at radius 2 is 1.94 bits per heavy atom. The molecule has 1 aliphatic carbocycles. The number of nitrogens with one attached hydrogen (secondary N) is 1. The van der Waals surface area contributed by atoms with Crippen LogP contribution >= 0.6 is 12.4 Å². The number of ketones is 1. The molecule has 1 aromatic carbocycles. The van der Waals surface area contributed by atoms with Crippen LogP contribution < -0.4 is 5.32 Å². The Hall–Kier alpha value is -0.860. The van der Waals surface area contributed by atoms with E-state index >= 15 is 0 Å². The average molecular weight is 254 g/mol. The minimum Gasteiger partial charge on any atom is -0.304 e. The normalized spacial score (nSPS) is 24.2. The molecule has 2 nitrogen and oxygen atoms in total. The first-order chi connectivity index (χ1) is 7.70. The van der Waals surface area contributed by atoms with Gasteiger partial charge in [-0.2, -0.15) is 0 Å². The molecule has 1 saturated carbocycles. The predicted molar refractivity (Wildman–Crippen MR) is 72.6 cm³/mol. The van der Waals surface area contributed by atoms with E-state index in [9.17, 15) is 4.79 Å². The lowest BCUT2D eigenvalue weighted by Crippen LogP contribution is -2.49. The monoisotopic (exact) mass is 253 g/mol. The summed E-state index contributed by atoms with van der Waals surface area (Å²) in [4.78, 5) is 12.2. The van der Waals surface area contributed by atoms with Crippen molar-refractivity contribution in [2.24, 2.45) is 0 Å². The molecule has 0 heterocycles. The Morgan fingerprint density at radius 3 is 2.53 bits per heavy atom. The molecule has 1 aromatic rings. The average Bonchev–Trinajstić information content (AvgIpc) is 2.31. The number of carbonyl (C=O) groups excluding carboxylic acids is 1. The summed E-state index contributed by atoms with van der Waals surface area (Å²) in [6.45, 7) is 2.08. The van der Waals surface area contributed by atoms with Crippen LogP contribution in [0.1, 0.15) is 36.8 Å². The molecule has 1 N–H and O–H groups in total. The lowest BCUT2D eigenvalue weighted by Gasteiger charge is -2.37. The van der Waals surface area contributed by atoms with Crippen molar-refractivity contribution in [3.8, 4) is 0 Å². The number of likely N-dealkylation sites (N-methyl/N-ethyl adjacent to an activating group) is 1. The molecule has 1 atom stereocenters. The van der Waals surface area contributed by atoms with Crippen LogP contribution in [0.5, 0.6) is 0 Å². The Balaban J connectivity index is 0.00000144. The molecule has 94 valence electrons. The summed E-state index contributed by atoms with van der Waals surface area (Å²) < 4.78 is 0. The fourth-order valence-electron chi connectivity index (χ4n) is 2.76. The Labute approximate surface area is 109 Å². The molecule has 0 saturated heterocycles. The van der Waals surface area contributed by atoms with Gasteiger partial charge < -0.3 is 5.32 Å². The molecule has 1 aliphatic rings. The highest BCUT2D eigenvalue weighted by atomic mass is 35.5. The molecule has 0 amide bonds. The van der Waals surface area contributed by atoms with E-state index in [1.165, 1.54) is 5.56 Å². The quantitative estimate of drug-likeness (QED) is 0.878. The second-order valence-electron chi connectivity index (χ2n) is 4.60. The number of hydrogen-bond acceptors (Lipinski definition) is 2. The van der Waals surface area contributed by atoms with Gasteiger partial charge in [0.05, 0.1) is 0 Å². The van der Waals surface area contributed by atoms with Gasteiger partial charge in [0, 0.05) is 6.42 Å². The van der Waals surface area contributed by atoms with Gasteiger partial charge in [-0.15, -0.1) is 12.4 Å². The molecular weight excluding hydrogens is 234 g/mol. The number of carbonyl (C=O) groups is 1. The topological polar surface area (TPSA) is 29.1 Å². The Kier molecular flexibility index (Phi) is 4.72. The second-order valence-corrected chi connectivity index (χ2v) is 4.60. The van der Waals surface area contributed by atoms with Gasteiger partial charge in [0.1, 0.15) is 5.54 Å². The number of rotatable bonds is 2. The summed E-state index contributed by atoms with van der Waals surface area (Å²) in [5, 5.41) is 3.27. The first-order valence-electron chi connectivity index (χ1n) is 5.99. The van der Waals surface area contributed by atoms with Crippen molar-refractivity contribution >= 4 is 18.2 Å². The van der Waals surface area contributed by atoms with Gasteiger partial charge in [-0.1, -0.05) is 30.7 Å². The van der Waals surface area contributed by atoms with E-state index < -0.39 is 5.54 Å². The molecule has 0 bridgehead atoms. The molecule has 1 fully saturated rings. The van der Waals surface area contributed by atoms with Crippen molar-refractivity contribution in [1.29, 1.82) is 0 Å².